The highest BCUT2D eigenvalue weighted by molar-refractivity contribution is 6.30. The molecule has 0 N–H and O–H groups in total. The Labute approximate surface area is 128 Å². The van der Waals surface area contributed by atoms with Gasteiger partial charge in [-0.1, -0.05) is 47.1 Å². The molecule has 1 aliphatic carbocycles. The highest BCUT2D eigenvalue weighted by Gasteiger charge is 2.16. The van der Waals surface area contributed by atoms with Gasteiger partial charge in [0.1, 0.15) is 0 Å². The van der Waals surface area contributed by atoms with Crippen LogP contribution in [0.5, 0.6) is 0 Å². The SMILES string of the molecule is O=C(O/N=C1/CCCc2ccccc21)c1cccc(Cl)c1. The van der Waals surface area contributed by atoms with Gasteiger partial charge in [-0.15, -0.1) is 0 Å². The quantitative estimate of drug-likeness (QED) is 0.614. The molecule has 0 spiro atoms. The van der Waals surface area contributed by atoms with Gasteiger partial charge in [-0.2, -0.15) is 0 Å². The molecule has 0 aliphatic heterocycles. The van der Waals surface area contributed by atoms with Gasteiger partial charge in [-0.25, -0.2) is 4.79 Å². The molecule has 0 amide bonds. The van der Waals surface area contributed by atoms with Crippen molar-refractivity contribution in [1.82, 2.24) is 0 Å². The van der Waals surface area contributed by atoms with Crippen molar-refractivity contribution in [3.63, 3.8) is 0 Å². The first-order chi connectivity index (χ1) is 10.2. The van der Waals surface area contributed by atoms with E-state index in [9.17, 15) is 4.79 Å². The summed E-state index contributed by atoms with van der Waals surface area (Å²) in [4.78, 5) is 17.0. The molecule has 2 aromatic carbocycles. The number of oxime groups is 1. The highest BCUT2D eigenvalue weighted by Crippen LogP contribution is 2.21. The molecule has 0 saturated heterocycles. The summed E-state index contributed by atoms with van der Waals surface area (Å²) in [5.41, 5.74) is 3.55. The largest absolute Gasteiger partial charge is 0.365 e. The zero-order valence-electron chi connectivity index (χ0n) is 11.4. The van der Waals surface area contributed by atoms with Gasteiger partial charge in [0.2, 0.25) is 0 Å². The molecule has 3 nitrogen and oxygen atoms in total. The number of aryl methyl sites for hydroxylation is 1. The molecule has 3 rings (SSSR count). The first-order valence-electron chi connectivity index (χ1n) is 6.86. The number of hydrogen-bond donors (Lipinski definition) is 0. The second kappa shape index (κ2) is 6.10. The molecule has 0 atom stereocenters. The molecule has 0 aromatic heterocycles. The Bertz CT molecular complexity index is 709. The summed E-state index contributed by atoms with van der Waals surface area (Å²) < 4.78 is 0. The number of benzene rings is 2. The van der Waals surface area contributed by atoms with Gasteiger partial charge in [0, 0.05) is 10.6 Å². The minimum Gasteiger partial charge on any atom is -0.313 e. The van der Waals surface area contributed by atoms with Crippen LogP contribution in [0.3, 0.4) is 0 Å². The van der Waals surface area contributed by atoms with E-state index < -0.39 is 5.97 Å². The van der Waals surface area contributed by atoms with Crippen LogP contribution in [0.2, 0.25) is 5.02 Å². The van der Waals surface area contributed by atoms with E-state index in [0.717, 1.165) is 30.5 Å². The standard InChI is InChI=1S/C17H14ClNO2/c18-14-8-3-7-13(11-14)17(20)21-19-16-10-4-6-12-5-1-2-9-15(12)16/h1-3,5,7-9,11H,4,6,10H2/b19-16-. The van der Waals surface area contributed by atoms with Gasteiger partial charge in [0.25, 0.3) is 0 Å². The van der Waals surface area contributed by atoms with Crippen molar-refractivity contribution in [3.05, 3.63) is 70.2 Å². The van der Waals surface area contributed by atoms with Crippen LogP contribution in [0.15, 0.2) is 53.7 Å². The van der Waals surface area contributed by atoms with Gasteiger partial charge in [-0.05, 0) is 43.0 Å². The summed E-state index contributed by atoms with van der Waals surface area (Å²) in [6.45, 7) is 0. The third-order valence-electron chi connectivity index (χ3n) is 3.49. The fourth-order valence-electron chi connectivity index (χ4n) is 2.46. The van der Waals surface area contributed by atoms with Crippen LogP contribution in [-0.4, -0.2) is 11.7 Å². The van der Waals surface area contributed by atoms with Crippen molar-refractivity contribution in [2.24, 2.45) is 5.16 Å². The lowest BCUT2D eigenvalue weighted by Crippen LogP contribution is -2.13. The summed E-state index contributed by atoms with van der Waals surface area (Å²) in [7, 11) is 0. The summed E-state index contributed by atoms with van der Waals surface area (Å²) in [5.74, 6) is -0.493. The first-order valence-corrected chi connectivity index (χ1v) is 7.24. The van der Waals surface area contributed by atoms with Crippen LogP contribution < -0.4 is 0 Å². The highest BCUT2D eigenvalue weighted by atomic mass is 35.5. The molecular weight excluding hydrogens is 286 g/mol. The van der Waals surface area contributed by atoms with Gasteiger partial charge < -0.3 is 4.84 Å². The molecule has 0 unspecified atom stereocenters. The maximum Gasteiger partial charge on any atom is 0.365 e. The van der Waals surface area contributed by atoms with E-state index in [1.807, 2.05) is 18.2 Å². The Morgan fingerprint density at radius 2 is 1.95 bits per heavy atom. The van der Waals surface area contributed by atoms with E-state index in [1.54, 1.807) is 24.3 Å². The van der Waals surface area contributed by atoms with E-state index in [0.29, 0.717) is 10.6 Å². The molecular formula is C17H14ClNO2. The van der Waals surface area contributed by atoms with Crippen molar-refractivity contribution in [2.75, 3.05) is 0 Å². The molecule has 21 heavy (non-hydrogen) atoms. The van der Waals surface area contributed by atoms with Crippen LogP contribution >= 0.6 is 11.6 Å². The van der Waals surface area contributed by atoms with Crippen LogP contribution in [-0.2, 0) is 11.3 Å². The first kappa shape index (κ1) is 13.8. The molecule has 0 radical (unpaired) electrons. The second-order valence-electron chi connectivity index (χ2n) is 4.94. The lowest BCUT2D eigenvalue weighted by atomic mass is 9.90. The predicted molar refractivity (Wildman–Crippen MR) is 82.8 cm³/mol. The minimum atomic E-state index is -0.493. The number of halogens is 1. The maximum absolute atomic E-state index is 12.0. The van der Waals surface area contributed by atoms with E-state index in [2.05, 4.69) is 11.2 Å². The molecule has 2 aromatic rings. The number of carbonyl (C=O) groups excluding carboxylic acids is 1. The Balaban J connectivity index is 1.79. The molecule has 1 aliphatic rings. The van der Waals surface area contributed by atoms with E-state index in [4.69, 9.17) is 16.4 Å². The number of nitrogens with zero attached hydrogens (tertiary/aromatic N) is 1. The zero-order valence-corrected chi connectivity index (χ0v) is 12.1. The van der Waals surface area contributed by atoms with Gasteiger partial charge >= 0.3 is 5.97 Å². The lowest BCUT2D eigenvalue weighted by Gasteiger charge is -2.16. The summed E-state index contributed by atoms with van der Waals surface area (Å²) >= 11 is 5.86. The van der Waals surface area contributed by atoms with Crippen molar-refractivity contribution >= 4 is 23.3 Å². The van der Waals surface area contributed by atoms with Crippen molar-refractivity contribution < 1.29 is 9.63 Å². The average Bonchev–Trinajstić information content (AvgIpc) is 2.52. The molecule has 106 valence electrons. The monoisotopic (exact) mass is 299 g/mol. The Kier molecular flexibility index (Phi) is 4.02. The average molecular weight is 300 g/mol. The second-order valence-corrected chi connectivity index (χ2v) is 5.37. The molecule has 0 saturated carbocycles. The number of carbonyl (C=O) groups is 1. The maximum atomic E-state index is 12.0. The third-order valence-corrected chi connectivity index (χ3v) is 3.72. The summed E-state index contributed by atoms with van der Waals surface area (Å²) in [6, 6.07) is 14.7. The Hall–Kier alpha value is -2.13. The Morgan fingerprint density at radius 3 is 2.81 bits per heavy atom. The van der Waals surface area contributed by atoms with Crippen LogP contribution in [0.1, 0.15) is 34.3 Å². The van der Waals surface area contributed by atoms with E-state index in [1.165, 1.54) is 5.56 Å². The number of fused-ring (bicyclic) bond motifs is 1. The molecule has 0 bridgehead atoms. The fourth-order valence-corrected chi connectivity index (χ4v) is 2.65. The molecule has 0 heterocycles. The fraction of sp³-hybridized carbons (Fsp3) is 0.176. The predicted octanol–water partition coefficient (Wildman–Crippen LogP) is 4.24. The van der Waals surface area contributed by atoms with Gasteiger partial charge in [-0.3, -0.25) is 0 Å². The van der Waals surface area contributed by atoms with Crippen molar-refractivity contribution in [2.45, 2.75) is 19.3 Å². The number of rotatable bonds is 2. The normalized spacial score (nSPS) is 15.6. The topological polar surface area (TPSA) is 38.7 Å². The van der Waals surface area contributed by atoms with Gasteiger partial charge in [0.15, 0.2) is 0 Å². The minimum absolute atomic E-state index is 0.399. The van der Waals surface area contributed by atoms with Crippen molar-refractivity contribution in [1.29, 1.82) is 0 Å². The van der Waals surface area contributed by atoms with Gasteiger partial charge in [0.05, 0.1) is 11.3 Å². The number of hydrogen-bond acceptors (Lipinski definition) is 3. The molecule has 4 heteroatoms. The third kappa shape index (κ3) is 3.14. The van der Waals surface area contributed by atoms with Crippen LogP contribution in [0, 0.1) is 0 Å². The summed E-state index contributed by atoms with van der Waals surface area (Å²) in [6.07, 6.45) is 2.88. The molecule has 0 fully saturated rings. The summed E-state index contributed by atoms with van der Waals surface area (Å²) in [5, 5.41) is 4.55. The van der Waals surface area contributed by atoms with Crippen LogP contribution in [0.4, 0.5) is 0 Å². The van der Waals surface area contributed by atoms with E-state index >= 15 is 0 Å². The van der Waals surface area contributed by atoms with Crippen LogP contribution in [0.25, 0.3) is 0 Å². The zero-order chi connectivity index (χ0) is 14.7. The van der Waals surface area contributed by atoms with Crippen molar-refractivity contribution in [3.8, 4) is 0 Å². The smallest absolute Gasteiger partial charge is 0.313 e. The van der Waals surface area contributed by atoms with E-state index in [-0.39, 0.29) is 0 Å². The lowest BCUT2D eigenvalue weighted by molar-refractivity contribution is 0.0515. The Morgan fingerprint density at radius 1 is 1.10 bits per heavy atom.